The molecule has 9 nitrogen and oxygen atoms in total. The van der Waals surface area contributed by atoms with E-state index in [1.807, 2.05) is 13.0 Å². The van der Waals surface area contributed by atoms with E-state index in [1.54, 1.807) is 19.2 Å². The number of carbonyl (C=O) groups is 3. The van der Waals surface area contributed by atoms with Gasteiger partial charge in [-0.2, -0.15) is 0 Å². The van der Waals surface area contributed by atoms with Crippen molar-refractivity contribution in [2.24, 2.45) is 0 Å². The third kappa shape index (κ3) is 3.43. The fourth-order valence-corrected chi connectivity index (χ4v) is 4.52. The quantitative estimate of drug-likeness (QED) is 0.624. The van der Waals surface area contributed by atoms with Crippen LogP contribution in [0.15, 0.2) is 29.2 Å². The maximum absolute atomic E-state index is 13.2. The Morgan fingerprint density at radius 2 is 2.17 bits per heavy atom. The highest BCUT2D eigenvalue weighted by atomic mass is 32.1. The molecule has 3 aromatic heterocycles. The molecule has 30 heavy (non-hydrogen) atoms. The van der Waals surface area contributed by atoms with E-state index in [2.05, 4.69) is 10.3 Å². The topological polar surface area (TPSA) is 110 Å². The second-order valence-corrected chi connectivity index (χ2v) is 7.98. The number of hydrogen-bond acceptors (Lipinski definition) is 7. The van der Waals surface area contributed by atoms with Crippen LogP contribution in [0.1, 0.15) is 28.6 Å². The zero-order valence-corrected chi connectivity index (χ0v) is 17.3. The van der Waals surface area contributed by atoms with Crippen molar-refractivity contribution in [1.29, 1.82) is 0 Å². The van der Waals surface area contributed by atoms with Crippen LogP contribution in [0, 0.1) is 6.92 Å². The van der Waals surface area contributed by atoms with Gasteiger partial charge in [0.05, 0.1) is 23.3 Å². The Hall–Kier alpha value is -3.27. The lowest BCUT2D eigenvalue weighted by Crippen LogP contribution is -2.57. The van der Waals surface area contributed by atoms with Gasteiger partial charge in [-0.15, -0.1) is 11.3 Å². The number of carbonyl (C=O) groups excluding carboxylic acids is 3. The summed E-state index contributed by atoms with van der Waals surface area (Å²) >= 11 is 1.11. The minimum absolute atomic E-state index is 0.194. The van der Waals surface area contributed by atoms with Gasteiger partial charge >= 0.3 is 5.97 Å². The van der Waals surface area contributed by atoms with Crippen molar-refractivity contribution in [3.8, 4) is 0 Å². The molecule has 1 aliphatic heterocycles. The molecule has 4 heterocycles. The minimum atomic E-state index is -0.953. The Morgan fingerprint density at radius 3 is 2.93 bits per heavy atom. The van der Waals surface area contributed by atoms with Gasteiger partial charge in [0.2, 0.25) is 5.91 Å². The van der Waals surface area contributed by atoms with Gasteiger partial charge in [0, 0.05) is 19.3 Å². The highest BCUT2D eigenvalue weighted by molar-refractivity contribution is 7.20. The van der Waals surface area contributed by atoms with E-state index in [0.29, 0.717) is 27.3 Å². The molecule has 0 unspecified atom stereocenters. The molecular formula is C20H20N4O5S. The largest absolute Gasteiger partial charge is 0.466 e. The Morgan fingerprint density at radius 1 is 1.37 bits per heavy atom. The lowest BCUT2D eigenvalue weighted by atomic mass is 10.1. The molecule has 1 aliphatic rings. The second kappa shape index (κ2) is 7.86. The number of rotatable bonds is 4. The summed E-state index contributed by atoms with van der Waals surface area (Å²) in [6, 6.07) is 4.19. The first-order valence-corrected chi connectivity index (χ1v) is 10.4. The first-order chi connectivity index (χ1) is 14.4. The van der Waals surface area contributed by atoms with E-state index in [-0.39, 0.29) is 25.1 Å². The number of amides is 2. The van der Waals surface area contributed by atoms with Crippen LogP contribution in [0.2, 0.25) is 0 Å². The zero-order chi connectivity index (χ0) is 21.4. The predicted molar refractivity (Wildman–Crippen MR) is 111 cm³/mol. The zero-order valence-electron chi connectivity index (χ0n) is 16.5. The van der Waals surface area contributed by atoms with Crippen molar-refractivity contribution >= 4 is 45.0 Å². The van der Waals surface area contributed by atoms with Crippen molar-refractivity contribution in [3.63, 3.8) is 0 Å². The van der Waals surface area contributed by atoms with Crippen molar-refractivity contribution in [2.45, 2.75) is 26.3 Å². The van der Waals surface area contributed by atoms with Crippen LogP contribution >= 0.6 is 11.3 Å². The van der Waals surface area contributed by atoms with Crippen molar-refractivity contribution in [1.82, 2.24) is 19.6 Å². The van der Waals surface area contributed by atoms with Crippen LogP contribution in [0.5, 0.6) is 0 Å². The molecule has 0 spiro atoms. The van der Waals surface area contributed by atoms with Gasteiger partial charge in [0.25, 0.3) is 11.5 Å². The van der Waals surface area contributed by atoms with Crippen molar-refractivity contribution in [3.05, 3.63) is 45.2 Å². The monoisotopic (exact) mass is 428 g/mol. The Balaban J connectivity index is 1.72. The van der Waals surface area contributed by atoms with E-state index in [4.69, 9.17) is 4.74 Å². The van der Waals surface area contributed by atoms with E-state index in [0.717, 1.165) is 16.9 Å². The first-order valence-electron chi connectivity index (χ1n) is 9.56. The molecule has 0 radical (unpaired) electrons. The molecule has 10 heteroatoms. The van der Waals surface area contributed by atoms with E-state index in [1.165, 1.54) is 15.4 Å². The second-order valence-electron chi connectivity index (χ2n) is 6.95. The summed E-state index contributed by atoms with van der Waals surface area (Å²) in [6.45, 7) is 4.28. The summed E-state index contributed by atoms with van der Waals surface area (Å²) in [6.07, 6.45) is 1.42. The van der Waals surface area contributed by atoms with Crippen LogP contribution < -0.4 is 10.9 Å². The normalized spacial score (nSPS) is 16.7. The first kappa shape index (κ1) is 20.0. The van der Waals surface area contributed by atoms with Crippen molar-refractivity contribution < 1.29 is 19.1 Å². The van der Waals surface area contributed by atoms with Gasteiger partial charge in [-0.3, -0.25) is 23.6 Å². The molecule has 1 fully saturated rings. The molecule has 2 amide bonds. The molecule has 156 valence electrons. The fourth-order valence-electron chi connectivity index (χ4n) is 3.54. The fraction of sp³-hybridized carbons (Fsp3) is 0.350. The molecule has 0 saturated carbocycles. The summed E-state index contributed by atoms with van der Waals surface area (Å²) in [5.41, 5.74) is 1.13. The number of esters is 1. The van der Waals surface area contributed by atoms with Gasteiger partial charge in [-0.25, -0.2) is 4.98 Å². The van der Waals surface area contributed by atoms with Crippen LogP contribution in [-0.4, -0.2) is 57.8 Å². The number of piperazine rings is 1. The number of pyridine rings is 1. The summed E-state index contributed by atoms with van der Waals surface area (Å²) < 4.78 is 6.39. The van der Waals surface area contributed by atoms with Crippen LogP contribution in [-0.2, 0) is 14.3 Å². The number of hydrogen-bond donors (Lipinski definition) is 1. The predicted octanol–water partition coefficient (Wildman–Crippen LogP) is 1.11. The molecule has 0 bridgehead atoms. The Bertz CT molecular complexity index is 1230. The summed E-state index contributed by atoms with van der Waals surface area (Å²) in [5, 5.41) is 3.02. The number of aryl methyl sites for hydroxylation is 1. The average Bonchev–Trinajstić information content (AvgIpc) is 3.15. The lowest BCUT2D eigenvalue weighted by Gasteiger charge is -2.34. The number of fused-ring (bicyclic) bond motifs is 2. The third-order valence-electron chi connectivity index (χ3n) is 5.00. The molecular weight excluding hydrogens is 408 g/mol. The van der Waals surface area contributed by atoms with E-state index < -0.39 is 23.8 Å². The van der Waals surface area contributed by atoms with Crippen LogP contribution in [0.3, 0.4) is 0 Å². The number of thiophene rings is 1. The maximum atomic E-state index is 13.2. The van der Waals surface area contributed by atoms with Gasteiger partial charge in [0.1, 0.15) is 16.5 Å². The molecule has 0 aromatic carbocycles. The number of ether oxygens (including phenoxy) is 1. The summed E-state index contributed by atoms with van der Waals surface area (Å²) in [7, 11) is 0. The summed E-state index contributed by atoms with van der Waals surface area (Å²) in [4.78, 5) is 57.0. The standard InChI is InChI=1S/C20H20N4O5S/c1-3-29-15(25)10-13-17(26)21-6-8-23(13)20(28)14-9-12-18(30-14)22-16-11(2)5-4-7-24(16)19(12)27/h4-5,7,9,13H,3,6,8,10H2,1-2H3,(H,21,26)/t13-/m0/s1. The Kier molecular flexibility index (Phi) is 5.25. The molecule has 4 rings (SSSR count). The highest BCUT2D eigenvalue weighted by Crippen LogP contribution is 2.25. The lowest BCUT2D eigenvalue weighted by molar-refractivity contribution is -0.147. The number of nitrogens with one attached hydrogen (secondary N) is 1. The number of aromatic nitrogens is 2. The van der Waals surface area contributed by atoms with Gasteiger partial charge in [-0.05, 0) is 31.5 Å². The molecule has 0 aliphatic carbocycles. The summed E-state index contributed by atoms with van der Waals surface area (Å²) in [5.74, 6) is -1.36. The van der Waals surface area contributed by atoms with Gasteiger partial charge in [-0.1, -0.05) is 6.07 Å². The van der Waals surface area contributed by atoms with E-state index in [9.17, 15) is 19.2 Å². The van der Waals surface area contributed by atoms with Crippen LogP contribution in [0.25, 0.3) is 15.9 Å². The molecule has 1 atom stereocenters. The molecule has 3 aromatic rings. The Labute approximate surface area is 175 Å². The van der Waals surface area contributed by atoms with E-state index >= 15 is 0 Å². The third-order valence-corrected chi connectivity index (χ3v) is 6.02. The molecule has 1 N–H and O–H groups in total. The highest BCUT2D eigenvalue weighted by Gasteiger charge is 2.36. The van der Waals surface area contributed by atoms with Gasteiger partial charge in [0.15, 0.2) is 0 Å². The average molecular weight is 428 g/mol. The maximum Gasteiger partial charge on any atom is 0.308 e. The van der Waals surface area contributed by atoms with Crippen LogP contribution in [0.4, 0.5) is 0 Å². The smallest absolute Gasteiger partial charge is 0.308 e. The van der Waals surface area contributed by atoms with Crippen molar-refractivity contribution in [2.75, 3.05) is 19.7 Å². The molecule has 1 saturated heterocycles. The minimum Gasteiger partial charge on any atom is -0.466 e. The van der Waals surface area contributed by atoms with Gasteiger partial charge < -0.3 is 15.0 Å². The number of nitrogens with zero attached hydrogens (tertiary/aromatic N) is 3. The SMILES string of the molecule is CCOC(=O)C[C@H]1C(=O)NCCN1C(=O)c1cc2c(=O)n3cccc(C)c3nc2s1.